The smallest absolute Gasteiger partial charge is 0.325 e. The molecule has 37 heavy (non-hydrogen) atoms. The van der Waals surface area contributed by atoms with Crippen LogP contribution in [0.5, 0.6) is 17.2 Å². The number of carbonyl (C=O) groups is 1. The Morgan fingerprint density at radius 3 is 2.57 bits per heavy atom. The standard InChI is InChI=1S/C27H28N6O3S/c1-4-33(5-2)14-6-15-35-25-18-22-21(17-23(25)28-3)24(11-12-29-22)36-20-9-7-19(8-10-20)31-26(34)32-27-30-13-16-37-27/h7-13,16-18H,4-6,14-15H2,1-2H3,(H2,30,31,32,34). The first kappa shape index (κ1) is 25.9. The van der Waals surface area contributed by atoms with E-state index < -0.39 is 0 Å². The summed E-state index contributed by atoms with van der Waals surface area (Å²) in [6.07, 6.45) is 4.17. The molecule has 2 aromatic heterocycles. The van der Waals surface area contributed by atoms with Gasteiger partial charge in [-0.2, -0.15) is 0 Å². The number of aromatic nitrogens is 2. The number of carbonyl (C=O) groups excluding carboxylic acids is 1. The maximum Gasteiger partial charge on any atom is 0.325 e. The SMILES string of the molecule is [C-]#[N+]c1cc2c(Oc3ccc(NC(=O)Nc4nccs4)cc3)ccnc2cc1OCCCN(CC)CC. The van der Waals surface area contributed by atoms with Gasteiger partial charge in [0.1, 0.15) is 17.2 Å². The van der Waals surface area contributed by atoms with Gasteiger partial charge in [0.25, 0.3) is 0 Å². The predicted molar refractivity (Wildman–Crippen MR) is 147 cm³/mol. The average molecular weight is 517 g/mol. The molecule has 4 rings (SSSR count). The number of fused-ring (bicyclic) bond motifs is 1. The van der Waals surface area contributed by atoms with Gasteiger partial charge >= 0.3 is 6.03 Å². The summed E-state index contributed by atoms with van der Waals surface area (Å²) in [5, 5.41) is 8.45. The lowest BCUT2D eigenvalue weighted by molar-refractivity contribution is 0.250. The van der Waals surface area contributed by atoms with Crippen LogP contribution in [-0.4, -0.2) is 47.1 Å². The molecule has 0 aliphatic carbocycles. The molecule has 10 heteroatoms. The fourth-order valence-electron chi connectivity index (χ4n) is 3.72. The lowest BCUT2D eigenvalue weighted by Crippen LogP contribution is -2.25. The van der Waals surface area contributed by atoms with Crippen molar-refractivity contribution in [3.05, 3.63) is 71.7 Å². The Balaban J connectivity index is 1.43. The molecule has 0 unspecified atom stereocenters. The number of hydrogen-bond acceptors (Lipinski definition) is 7. The minimum absolute atomic E-state index is 0.374. The zero-order valence-corrected chi connectivity index (χ0v) is 21.5. The highest BCUT2D eigenvalue weighted by atomic mass is 32.1. The summed E-state index contributed by atoms with van der Waals surface area (Å²) >= 11 is 1.34. The normalized spacial score (nSPS) is 10.8. The Kier molecular flexibility index (Phi) is 8.86. The Morgan fingerprint density at radius 1 is 1.05 bits per heavy atom. The van der Waals surface area contributed by atoms with Gasteiger partial charge in [0.15, 0.2) is 5.13 Å². The third kappa shape index (κ3) is 6.94. The van der Waals surface area contributed by atoms with Gasteiger partial charge < -0.3 is 19.7 Å². The van der Waals surface area contributed by atoms with E-state index in [1.165, 1.54) is 11.3 Å². The highest BCUT2D eigenvalue weighted by Crippen LogP contribution is 2.37. The van der Waals surface area contributed by atoms with Crippen LogP contribution in [0.1, 0.15) is 20.3 Å². The molecule has 0 bridgehead atoms. The quantitative estimate of drug-likeness (QED) is 0.168. The summed E-state index contributed by atoms with van der Waals surface area (Å²) in [6, 6.07) is 11.9. The van der Waals surface area contributed by atoms with Crippen molar-refractivity contribution in [1.82, 2.24) is 14.9 Å². The van der Waals surface area contributed by atoms with Crippen molar-refractivity contribution < 1.29 is 14.3 Å². The molecule has 2 aromatic carbocycles. The first-order valence-electron chi connectivity index (χ1n) is 12.0. The van der Waals surface area contributed by atoms with E-state index in [2.05, 4.69) is 44.2 Å². The number of benzene rings is 2. The van der Waals surface area contributed by atoms with Crippen molar-refractivity contribution >= 4 is 44.8 Å². The van der Waals surface area contributed by atoms with Gasteiger partial charge in [-0.15, -0.1) is 11.3 Å². The molecule has 0 aliphatic rings. The summed E-state index contributed by atoms with van der Waals surface area (Å²) < 4.78 is 12.0. The fourth-order valence-corrected chi connectivity index (χ4v) is 4.24. The molecule has 0 aliphatic heterocycles. The van der Waals surface area contributed by atoms with Crippen molar-refractivity contribution in [2.45, 2.75) is 20.3 Å². The van der Waals surface area contributed by atoms with Crippen molar-refractivity contribution in [2.24, 2.45) is 0 Å². The van der Waals surface area contributed by atoms with Crippen LogP contribution in [-0.2, 0) is 0 Å². The lowest BCUT2D eigenvalue weighted by atomic mass is 10.1. The predicted octanol–water partition coefficient (Wildman–Crippen LogP) is 6.79. The van der Waals surface area contributed by atoms with E-state index >= 15 is 0 Å². The number of anilines is 2. The largest absolute Gasteiger partial charge is 0.504 e. The number of rotatable bonds is 11. The first-order chi connectivity index (χ1) is 18.1. The first-order valence-corrected chi connectivity index (χ1v) is 12.9. The van der Waals surface area contributed by atoms with E-state index in [-0.39, 0.29) is 6.03 Å². The minimum Gasteiger partial charge on any atom is -0.504 e. The molecule has 2 amide bonds. The van der Waals surface area contributed by atoms with E-state index in [9.17, 15) is 4.79 Å². The minimum atomic E-state index is -0.374. The number of hydrogen-bond donors (Lipinski definition) is 2. The van der Waals surface area contributed by atoms with Crippen molar-refractivity contribution in [2.75, 3.05) is 36.9 Å². The number of thiazole rings is 1. The van der Waals surface area contributed by atoms with Crippen molar-refractivity contribution in [3.63, 3.8) is 0 Å². The van der Waals surface area contributed by atoms with Crippen molar-refractivity contribution in [3.8, 4) is 17.2 Å². The molecule has 4 aromatic rings. The van der Waals surface area contributed by atoms with Gasteiger partial charge in [0.05, 0.1) is 18.7 Å². The van der Waals surface area contributed by atoms with Crippen LogP contribution < -0.4 is 20.1 Å². The second-order valence-corrected chi connectivity index (χ2v) is 8.92. The summed E-state index contributed by atoms with van der Waals surface area (Å²) in [4.78, 5) is 26.6. The monoisotopic (exact) mass is 516 g/mol. The van der Waals surface area contributed by atoms with Crippen LogP contribution in [0.15, 0.2) is 60.2 Å². The second kappa shape index (κ2) is 12.7. The van der Waals surface area contributed by atoms with E-state index in [4.69, 9.17) is 16.0 Å². The molecule has 190 valence electrons. The van der Waals surface area contributed by atoms with Crippen LogP contribution in [0, 0.1) is 6.57 Å². The summed E-state index contributed by atoms with van der Waals surface area (Å²) in [5.74, 6) is 1.68. The highest BCUT2D eigenvalue weighted by Gasteiger charge is 2.12. The Bertz CT molecular complexity index is 1370. The number of urea groups is 1. The van der Waals surface area contributed by atoms with Gasteiger partial charge in [-0.25, -0.2) is 14.6 Å². The molecule has 0 saturated carbocycles. The topological polar surface area (TPSA) is 93.0 Å². The molecule has 2 heterocycles. The van der Waals surface area contributed by atoms with Gasteiger partial charge in [0, 0.05) is 35.4 Å². The van der Waals surface area contributed by atoms with Crippen molar-refractivity contribution in [1.29, 1.82) is 0 Å². The maximum atomic E-state index is 12.1. The summed E-state index contributed by atoms with van der Waals surface area (Å²) in [7, 11) is 0. The van der Waals surface area contributed by atoms with E-state index in [0.29, 0.717) is 51.3 Å². The fraction of sp³-hybridized carbons (Fsp3) is 0.259. The molecule has 2 N–H and O–H groups in total. The molecular formula is C27H28N6O3S. The van der Waals surface area contributed by atoms with Gasteiger partial charge in [-0.1, -0.05) is 13.8 Å². The van der Waals surface area contributed by atoms with Crippen LogP contribution in [0.3, 0.4) is 0 Å². The van der Waals surface area contributed by atoms with Gasteiger partial charge in [-0.3, -0.25) is 10.3 Å². The van der Waals surface area contributed by atoms with E-state index in [0.717, 1.165) is 26.1 Å². The van der Waals surface area contributed by atoms with Gasteiger partial charge in [-0.05, 0) is 62.0 Å². The molecular weight excluding hydrogens is 488 g/mol. The van der Waals surface area contributed by atoms with Crippen LogP contribution in [0.2, 0.25) is 0 Å². The molecule has 0 fully saturated rings. The van der Waals surface area contributed by atoms with Crippen LogP contribution >= 0.6 is 11.3 Å². The number of amides is 2. The second-order valence-electron chi connectivity index (χ2n) is 8.03. The summed E-state index contributed by atoms with van der Waals surface area (Å²) in [6.45, 7) is 15.4. The van der Waals surface area contributed by atoms with Crippen LogP contribution in [0.25, 0.3) is 15.7 Å². The van der Waals surface area contributed by atoms with E-state index in [1.54, 1.807) is 60.2 Å². The highest BCUT2D eigenvalue weighted by molar-refractivity contribution is 7.13. The molecule has 0 saturated heterocycles. The summed E-state index contributed by atoms with van der Waals surface area (Å²) in [5.41, 5.74) is 1.71. The zero-order chi connectivity index (χ0) is 26.0. The number of ether oxygens (including phenoxy) is 2. The van der Waals surface area contributed by atoms with Gasteiger partial charge in [0.2, 0.25) is 5.69 Å². The molecule has 0 radical (unpaired) electrons. The maximum absolute atomic E-state index is 12.1. The molecule has 0 spiro atoms. The third-order valence-corrected chi connectivity index (χ3v) is 6.35. The number of nitrogens with zero attached hydrogens (tertiary/aromatic N) is 4. The van der Waals surface area contributed by atoms with Crippen LogP contribution in [0.4, 0.5) is 21.3 Å². The Labute approximate surface area is 219 Å². The lowest BCUT2D eigenvalue weighted by Gasteiger charge is -2.18. The Morgan fingerprint density at radius 2 is 1.86 bits per heavy atom. The van der Waals surface area contributed by atoms with E-state index in [1.807, 2.05) is 0 Å². The number of pyridine rings is 1. The molecule has 0 atom stereocenters. The average Bonchev–Trinajstić information content (AvgIpc) is 3.42. The third-order valence-electron chi connectivity index (χ3n) is 5.67. The zero-order valence-electron chi connectivity index (χ0n) is 20.7. The Hall–Kier alpha value is -4.20. The molecule has 9 nitrogen and oxygen atoms in total. The number of nitrogens with one attached hydrogen (secondary N) is 2.